The molecule has 15 heavy (non-hydrogen) atoms. The van der Waals surface area contributed by atoms with Gasteiger partial charge in [-0.25, -0.2) is 0 Å². The van der Waals surface area contributed by atoms with Gasteiger partial charge in [-0.3, -0.25) is 0 Å². The van der Waals surface area contributed by atoms with Gasteiger partial charge in [0.1, 0.15) is 0 Å². The van der Waals surface area contributed by atoms with E-state index in [0.29, 0.717) is 0 Å². The molecule has 0 bridgehead atoms. The van der Waals surface area contributed by atoms with Crippen LogP contribution in [0.2, 0.25) is 0 Å². The molecule has 0 aliphatic rings. The first-order valence-corrected chi connectivity index (χ1v) is 5.44. The monoisotopic (exact) mass is 258 g/mol. The average Bonchev–Trinajstić information content (AvgIpc) is 2.29. The Hall–Kier alpha value is -1.48. The zero-order chi connectivity index (χ0) is 10.3. The molecule has 0 unspecified atom stereocenters. The fraction of sp³-hybridized carbons (Fsp3) is 0. The molecule has 0 aliphatic heterocycles. The normalized spacial score (nSPS) is 11.0. The maximum Gasteiger partial charge on any atom is 0.0936 e. The molecule has 2 aromatic carbocycles. The SMILES string of the molecule is Brc1ccc2nnc3ccccc3c2c1. The van der Waals surface area contributed by atoms with Gasteiger partial charge < -0.3 is 0 Å². The highest BCUT2D eigenvalue weighted by Gasteiger charge is 2.02. The van der Waals surface area contributed by atoms with Crippen molar-refractivity contribution in [3.05, 3.63) is 46.9 Å². The van der Waals surface area contributed by atoms with E-state index in [2.05, 4.69) is 38.3 Å². The zero-order valence-corrected chi connectivity index (χ0v) is 9.40. The number of benzene rings is 2. The summed E-state index contributed by atoms with van der Waals surface area (Å²) in [7, 11) is 0. The van der Waals surface area contributed by atoms with E-state index < -0.39 is 0 Å². The van der Waals surface area contributed by atoms with E-state index in [9.17, 15) is 0 Å². The molecule has 0 spiro atoms. The van der Waals surface area contributed by atoms with Crippen LogP contribution in [0, 0.1) is 0 Å². The second kappa shape index (κ2) is 3.28. The van der Waals surface area contributed by atoms with Crippen molar-refractivity contribution in [2.45, 2.75) is 0 Å². The van der Waals surface area contributed by atoms with Crippen molar-refractivity contribution in [2.75, 3.05) is 0 Å². The minimum Gasteiger partial charge on any atom is -0.150 e. The van der Waals surface area contributed by atoms with Crippen LogP contribution in [0.1, 0.15) is 0 Å². The summed E-state index contributed by atoms with van der Waals surface area (Å²) in [5, 5.41) is 10.6. The zero-order valence-electron chi connectivity index (χ0n) is 7.81. The number of nitrogens with zero attached hydrogens (tertiary/aromatic N) is 2. The summed E-state index contributed by atoms with van der Waals surface area (Å²) in [5.74, 6) is 0. The molecular weight excluding hydrogens is 252 g/mol. The van der Waals surface area contributed by atoms with Gasteiger partial charge in [-0.1, -0.05) is 34.1 Å². The molecule has 72 valence electrons. The van der Waals surface area contributed by atoms with Crippen LogP contribution in [0.15, 0.2) is 46.9 Å². The molecule has 0 saturated carbocycles. The summed E-state index contributed by atoms with van der Waals surface area (Å²) in [4.78, 5) is 0. The highest BCUT2D eigenvalue weighted by atomic mass is 79.9. The summed E-state index contributed by atoms with van der Waals surface area (Å²) in [6.45, 7) is 0. The first-order valence-electron chi connectivity index (χ1n) is 4.65. The minimum atomic E-state index is 0.928. The van der Waals surface area contributed by atoms with Crippen molar-refractivity contribution in [1.82, 2.24) is 10.2 Å². The van der Waals surface area contributed by atoms with Gasteiger partial charge in [0, 0.05) is 15.2 Å². The van der Waals surface area contributed by atoms with Crippen LogP contribution >= 0.6 is 15.9 Å². The van der Waals surface area contributed by atoms with Crippen molar-refractivity contribution in [1.29, 1.82) is 0 Å². The maximum absolute atomic E-state index is 4.18. The fourth-order valence-electron chi connectivity index (χ4n) is 1.71. The number of hydrogen-bond acceptors (Lipinski definition) is 2. The predicted octanol–water partition coefficient (Wildman–Crippen LogP) is 3.55. The highest BCUT2D eigenvalue weighted by molar-refractivity contribution is 9.10. The lowest BCUT2D eigenvalue weighted by Gasteiger charge is -2.01. The van der Waals surface area contributed by atoms with E-state index in [4.69, 9.17) is 0 Å². The third-order valence-corrected chi connectivity index (χ3v) is 2.91. The van der Waals surface area contributed by atoms with Crippen LogP contribution in [0.4, 0.5) is 0 Å². The lowest BCUT2D eigenvalue weighted by atomic mass is 10.1. The van der Waals surface area contributed by atoms with Crippen LogP contribution in [-0.2, 0) is 0 Å². The number of aromatic nitrogens is 2. The molecule has 1 aromatic heterocycles. The Labute approximate surface area is 95.1 Å². The Bertz CT molecular complexity index is 649. The predicted molar refractivity (Wildman–Crippen MR) is 64.7 cm³/mol. The number of halogens is 1. The number of hydrogen-bond donors (Lipinski definition) is 0. The molecule has 3 heteroatoms. The molecule has 0 saturated heterocycles. The van der Waals surface area contributed by atoms with Crippen LogP contribution in [-0.4, -0.2) is 10.2 Å². The van der Waals surface area contributed by atoms with Crippen molar-refractivity contribution >= 4 is 37.7 Å². The van der Waals surface area contributed by atoms with E-state index in [1.54, 1.807) is 0 Å². The Morgan fingerprint density at radius 2 is 1.53 bits per heavy atom. The van der Waals surface area contributed by atoms with E-state index in [1.807, 2.05) is 30.3 Å². The first-order chi connectivity index (χ1) is 7.34. The topological polar surface area (TPSA) is 25.8 Å². The van der Waals surface area contributed by atoms with Gasteiger partial charge in [-0.05, 0) is 24.3 Å². The molecule has 0 amide bonds. The lowest BCUT2D eigenvalue weighted by molar-refractivity contribution is 1.12. The van der Waals surface area contributed by atoms with Crippen molar-refractivity contribution in [2.24, 2.45) is 0 Å². The van der Waals surface area contributed by atoms with Crippen molar-refractivity contribution in [3.63, 3.8) is 0 Å². The van der Waals surface area contributed by atoms with Gasteiger partial charge >= 0.3 is 0 Å². The standard InChI is InChI=1S/C12H7BrN2/c13-8-5-6-12-10(7-8)9-3-1-2-4-11(9)14-15-12/h1-7H. The van der Waals surface area contributed by atoms with Crippen LogP contribution in [0.5, 0.6) is 0 Å². The third kappa shape index (κ3) is 1.39. The molecule has 0 aliphatic carbocycles. The average molecular weight is 259 g/mol. The molecule has 0 fully saturated rings. The third-order valence-electron chi connectivity index (χ3n) is 2.42. The Kier molecular flexibility index (Phi) is 1.92. The summed E-state index contributed by atoms with van der Waals surface area (Å²) in [5.41, 5.74) is 1.86. The second-order valence-corrected chi connectivity index (χ2v) is 4.29. The molecule has 0 radical (unpaired) electrons. The number of fused-ring (bicyclic) bond motifs is 3. The largest absolute Gasteiger partial charge is 0.150 e. The summed E-state index contributed by atoms with van der Waals surface area (Å²) >= 11 is 3.47. The highest BCUT2D eigenvalue weighted by Crippen LogP contribution is 2.24. The molecule has 0 atom stereocenters. The van der Waals surface area contributed by atoms with Gasteiger partial charge in [0.05, 0.1) is 11.0 Å². The van der Waals surface area contributed by atoms with Gasteiger partial charge in [0.15, 0.2) is 0 Å². The lowest BCUT2D eigenvalue weighted by Crippen LogP contribution is -1.86. The van der Waals surface area contributed by atoms with E-state index in [-0.39, 0.29) is 0 Å². The Morgan fingerprint density at radius 3 is 2.40 bits per heavy atom. The van der Waals surface area contributed by atoms with E-state index in [1.165, 1.54) is 0 Å². The van der Waals surface area contributed by atoms with Crippen molar-refractivity contribution in [3.8, 4) is 0 Å². The summed E-state index contributed by atoms with van der Waals surface area (Å²) < 4.78 is 1.06. The first kappa shape index (κ1) is 8.80. The fourth-order valence-corrected chi connectivity index (χ4v) is 2.07. The van der Waals surface area contributed by atoms with Crippen molar-refractivity contribution < 1.29 is 0 Å². The second-order valence-electron chi connectivity index (χ2n) is 3.38. The maximum atomic E-state index is 4.18. The van der Waals surface area contributed by atoms with Gasteiger partial charge in [-0.15, -0.1) is 10.2 Å². The minimum absolute atomic E-state index is 0.928. The molecule has 3 aromatic rings. The molecule has 1 heterocycles. The van der Waals surface area contributed by atoms with Crippen LogP contribution in [0.25, 0.3) is 21.8 Å². The molecule has 0 N–H and O–H groups in total. The molecule has 3 rings (SSSR count). The Morgan fingerprint density at radius 1 is 0.800 bits per heavy atom. The van der Waals surface area contributed by atoms with Crippen LogP contribution in [0.3, 0.4) is 0 Å². The van der Waals surface area contributed by atoms with Gasteiger partial charge in [-0.2, -0.15) is 0 Å². The summed E-state index contributed by atoms with van der Waals surface area (Å²) in [6, 6.07) is 14.1. The van der Waals surface area contributed by atoms with Crippen LogP contribution < -0.4 is 0 Å². The summed E-state index contributed by atoms with van der Waals surface area (Å²) in [6.07, 6.45) is 0. The van der Waals surface area contributed by atoms with Gasteiger partial charge in [0.25, 0.3) is 0 Å². The molecule has 2 nitrogen and oxygen atoms in total. The molecular formula is C12H7BrN2. The van der Waals surface area contributed by atoms with Gasteiger partial charge in [0.2, 0.25) is 0 Å². The Balaban J connectivity index is 2.57. The smallest absolute Gasteiger partial charge is 0.0936 e. The number of rotatable bonds is 0. The van der Waals surface area contributed by atoms with E-state index in [0.717, 1.165) is 26.3 Å². The van der Waals surface area contributed by atoms with E-state index >= 15 is 0 Å². The quantitative estimate of drug-likeness (QED) is 0.577.